The zero-order valence-electron chi connectivity index (χ0n) is 13.4. The van der Waals surface area contributed by atoms with Crippen molar-refractivity contribution in [2.45, 2.75) is 79.2 Å². The Kier molecular flexibility index (Phi) is 9.76. The smallest absolute Gasteiger partial charge is 0.00387 e. The van der Waals surface area contributed by atoms with Crippen molar-refractivity contribution in [2.75, 3.05) is 13.1 Å². The maximum absolute atomic E-state index is 5.72. The molecular formula is C16H36N2. The first-order chi connectivity index (χ1) is 8.41. The summed E-state index contributed by atoms with van der Waals surface area (Å²) in [7, 11) is 0. The van der Waals surface area contributed by atoms with E-state index in [1.54, 1.807) is 0 Å². The van der Waals surface area contributed by atoms with Crippen molar-refractivity contribution in [2.24, 2.45) is 17.1 Å². The van der Waals surface area contributed by atoms with Gasteiger partial charge >= 0.3 is 0 Å². The number of hydrogen-bond acceptors (Lipinski definition) is 2. The first-order valence-electron chi connectivity index (χ1n) is 7.85. The van der Waals surface area contributed by atoms with E-state index < -0.39 is 0 Å². The van der Waals surface area contributed by atoms with Gasteiger partial charge in [0, 0.05) is 6.04 Å². The molecule has 3 N–H and O–H groups in total. The second-order valence-corrected chi connectivity index (χ2v) is 6.78. The Morgan fingerprint density at radius 3 is 2.22 bits per heavy atom. The summed E-state index contributed by atoms with van der Waals surface area (Å²) in [5, 5.41) is 3.64. The van der Waals surface area contributed by atoms with Gasteiger partial charge in [0.15, 0.2) is 0 Å². The molecule has 0 aromatic heterocycles. The molecule has 0 aliphatic heterocycles. The summed E-state index contributed by atoms with van der Waals surface area (Å²) < 4.78 is 0. The van der Waals surface area contributed by atoms with E-state index in [-0.39, 0.29) is 0 Å². The van der Waals surface area contributed by atoms with E-state index in [0.717, 1.165) is 25.4 Å². The Morgan fingerprint density at radius 1 is 1.06 bits per heavy atom. The van der Waals surface area contributed by atoms with E-state index in [9.17, 15) is 0 Å². The molecule has 0 rings (SSSR count). The van der Waals surface area contributed by atoms with Gasteiger partial charge in [-0.05, 0) is 57.0 Å². The predicted molar refractivity (Wildman–Crippen MR) is 82.8 cm³/mol. The number of unbranched alkanes of at least 4 members (excludes halogenated alkanes) is 1. The van der Waals surface area contributed by atoms with Crippen LogP contribution in [0.1, 0.15) is 73.1 Å². The van der Waals surface area contributed by atoms with Crippen LogP contribution in [0.3, 0.4) is 0 Å². The number of hydrogen-bond donors (Lipinski definition) is 2. The Bertz CT molecular complexity index is 184. The van der Waals surface area contributed by atoms with Gasteiger partial charge in [0.1, 0.15) is 0 Å². The van der Waals surface area contributed by atoms with Crippen LogP contribution in [0, 0.1) is 11.3 Å². The topological polar surface area (TPSA) is 38.0 Å². The summed E-state index contributed by atoms with van der Waals surface area (Å²) in [5.74, 6) is 0.759. The molecule has 0 spiro atoms. The van der Waals surface area contributed by atoms with Gasteiger partial charge in [0.2, 0.25) is 0 Å². The SMILES string of the molecule is CCCCC(C)NCCCC(CCN)C(C)(C)C. The average Bonchev–Trinajstić information content (AvgIpc) is 2.29. The number of nitrogens with two attached hydrogens (primary N) is 1. The minimum Gasteiger partial charge on any atom is -0.330 e. The highest BCUT2D eigenvalue weighted by Crippen LogP contribution is 2.31. The molecule has 0 fully saturated rings. The molecule has 0 aromatic carbocycles. The molecule has 0 aliphatic carbocycles. The van der Waals surface area contributed by atoms with Crippen molar-refractivity contribution < 1.29 is 0 Å². The third-order valence-electron chi connectivity index (χ3n) is 3.95. The molecule has 0 amide bonds. The van der Waals surface area contributed by atoms with E-state index in [4.69, 9.17) is 5.73 Å². The molecule has 110 valence electrons. The largest absolute Gasteiger partial charge is 0.330 e. The molecule has 0 radical (unpaired) electrons. The van der Waals surface area contributed by atoms with Gasteiger partial charge in [-0.1, -0.05) is 40.5 Å². The second kappa shape index (κ2) is 9.80. The highest BCUT2D eigenvalue weighted by Gasteiger charge is 2.23. The molecule has 2 nitrogen and oxygen atoms in total. The Balaban J connectivity index is 3.73. The van der Waals surface area contributed by atoms with Crippen LogP contribution in [0.15, 0.2) is 0 Å². The fourth-order valence-corrected chi connectivity index (χ4v) is 2.52. The molecule has 2 unspecified atom stereocenters. The average molecular weight is 256 g/mol. The van der Waals surface area contributed by atoms with E-state index in [0.29, 0.717) is 11.5 Å². The van der Waals surface area contributed by atoms with Gasteiger partial charge in [-0.3, -0.25) is 0 Å². The molecule has 0 heterocycles. The quantitative estimate of drug-likeness (QED) is 0.581. The fraction of sp³-hybridized carbons (Fsp3) is 1.00. The monoisotopic (exact) mass is 256 g/mol. The van der Waals surface area contributed by atoms with Crippen molar-refractivity contribution in [3.8, 4) is 0 Å². The number of nitrogens with one attached hydrogen (secondary N) is 1. The summed E-state index contributed by atoms with van der Waals surface area (Å²) in [4.78, 5) is 0. The summed E-state index contributed by atoms with van der Waals surface area (Å²) in [5.41, 5.74) is 6.11. The molecular weight excluding hydrogens is 220 g/mol. The van der Waals surface area contributed by atoms with Crippen LogP contribution < -0.4 is 11.1 Å². The number of rotatable bonds is 10. The maximum atomic E-state index is 5.72. The highest BCUT2D eigenvalue weighted by atomic mass is 14.9. The Morgan fingerprint density at radius 2 is 1.72 bits per heavy atom. The first-order valence-corrected chi connectivity index (χ1v) is 7.85. The van der Waals surface area contributed by atoms with Gasteiger partial charge < -0.3 is 11.1 Å². The van der Waals surface area contributed by atoms with Gasteiger partial charge in [-0.25, -0.2) is 0 Å². The maximum Gasteiger partial charge on any atom is 0.00387 e. The minimum atomic E-state index is 0.396. The van der Waals surface area contributed by atoms with Crippen LogP contribution in [-0.4, -0.2) is 19.1 Å². The third kappa shape index (κ3) is 8.93. The summed E-state index contributed by atoms with van der Waals surface area (Å²) in [6.45, 7) is 13.6. The van der Waals surface area contributed by atoms with Crippen molar-refractivity contribution in [1.82, 2.24) is 5.32 Å². The van der Waals surface area contributed by atoms with E-state index >= 15 is 0 Å². The standard InChI is InChI=1S/C16H36N2/c1-6-7-9-14(2)18-13-8-10-15(11-12-17)16(3,4)5/h14-15,18H,6-13,17H2,1-5H3. The highest BCUT2D eigenvalue weighted by molar-refractivity contribution is 4.75. The Labute approximate surface area is 115 Å². The molecule has 18 heavy (non-hydrogen) atoms. The van der Waals surface area contributed by atoms with Crippen molar-refractivity contribution in [1.29, 1.82) is 0 Å². The minimum absolute atomic E-state index is 0.396. The zero-order chi connectivity index (χ0) is 14.0. The fourth-order valence-electron chi connectivity index (χ4n) is 2.52. The lowest BCUT2D eigenvalue weighted by Crippen LogP contribution is -2.29. The molecule has 0 aromatic rings. The molecule has 2 atom stereocenters. The third-order valence-corrected chi connectivity index (χ3v) is 3.95. The van der Waals surface area contributed by atoms with Crippen LogP contribution in [0.25, 0.3) is 0 Å². The van der Waals surface area contributed by atoms with Gasteiger partial charge in [0.05, 0.1) is 0 Å². The first kappa shape index (κ1) is 17.9. The molecule has 0 saturated carbocycles. The summed E-state index contributed by atoms with van der Waals surface area (Å²) in [6, 6.07) is 0.674. The lowest BCUT2D eigenvalue weighted by molar-refractivity contribution is 0.209. The summed E-state index contributed by atoms with van der Waals surface area (Å²) >= 11 is 0. The molecule has 0 saturated heterocycles. The van der Waals surface area contributed by atoms with Crippen molar-refractivity contribution in [3.63, 3.8) is 0 Å². The molecule has 2 heteroatoms. The normalized spacial score (nSPS) is 15.7. The van der Waals surface area contributed by atoms with E-state index in [1.165, 1.54) is 32.1 Å². The van der Waals surface area contributed by atoms with Crippen LogP contribution in [0.4, 0.5) is 0 Å². The van der Waals surface area contributed by atoms with Crippen LogP contribution in [0.5, 0.6) is 0 Å². The lowest BCUT2D eigenvalue weighted by atomic mass is 9.76. The van der Waals surface area contributed by atoms with Crippen LogP contribution in [-0.2, 0) is 0 Å². The van der Waals surface area contributed by atoms with E-state index in [1.807, 2.05) is 0 Å². The van der Waals surface area contributed by atoms with Crippen molar-refractivity contribution >= 4 is 0 Å². The van der Waals surface area contributed by atoms with Crippen LogP contribution >= 0.6 is 0 Å². The summed E-state index contributed by atoms with van der Waals surface area (Å²) in [6.07, 6.45) is 7.68. The second-order valence-electron chi connectivity index (χ2n) is 6.78. The van der Waals surface area contributed by atoms with Crippen LogP contribution in [0.2, 0.25) is 0 Å². The Hall–Kier alpha value is -0.0800. The van der Waals surface area contributed by atoms with Crippen molar-refractivity contribution in [3.05, 3.63) is 0 Å². The van der Waals surface area contributed by atoms with Gasteiger partial charge in [-0.15, -0.1) is 0 Å². The van der Waals surface area contributed by atoms with Gasteiger partial charge in [-0.2, -0.15) is 0 Å². The zero-order valence-corrected chi connectivity index (χ0v) is 13.4. The van der Waals surface area contributed by atoms with E-state index in [2.05, 4.69) is 39.9 Å². The lowest BCUT2D eigenvalue weighted by Gasteiger charge is -2.30. The molecule has 0 aliphatic rings. The predicted octanol–water partition coefficient (Wildman–Crippen LogP) is 3.95. The molecule has 0 bridgehead atoms. The van der Waals surface area contributed by atoms with Gasteiger partial charge in [0.25, 0.3) is 0 Å².